The molecule has 3 aromatic carbocycles. The summed E-state index contributed by atoms with van der Waals surface area (Å²) in [5, 5.41) is 16.2. The average molecular weight is 504 g/mol. The van der Waals surface area contributed by atoms with Gasteiger partial charge in [-0.2, -0.15) is 5.10 Å². The molecule has 4 rings (SSSR count). The molecule has 1 aromatic heterocycles. The lowest BCUT2D eigenvalue weighted by atomic mass is 10.1. The zero-order valence-electron chi connectivity index (χ0n) is 20.0. The van der Waals surface area contributed by atoms with Crippen LogP contribution in [0.5, 0.6) is 0 Å². The first-order chi connectivity index (χ1) is 17.3. The molecule has 0 aliphatic rings. The molecule has 9 heteroatoms. The van der Waals surface area contributed by atoms with Crippen molar-refractivity contribution in [2.24, 2.45) is 0 Å². The molecule has 0 aliphatic carbocycles. The number of benzene rings is 3. The molecule has 36 heavy (non-hydrogen) atoms. The molecular weight excluding hydrogens is 478 g/mol. The molecule has 0 radical (unpaired) electrons. The second-order valence-electron chi connectivity index (χ2n) is 8.60. The summed E-state index contributed by atoms with van der Waals surface area (Å²) in [6.45, 7) is 1.64. The van der Waals surface area contributed by atoms with E-state index < -0.39 is 4.92 Å². The van der Waals surface area contributed by atoms with E-state index in [0.717, 1.165) is 5.56 Å². The molecule has 4 aromatic rings. The number of hydrogen-bond donors (Lipinski definition) is 0. The minimum Gasteiger partial charge on any atom is -0.332 e. The minimum atomic E-state index is -0.451. The Morgan fingerprint density at radius 1 is 0.972 bits per heavy atom. The van der Waals surface area contributed by atoms with Crippen LogP contribution in [0, 0.1) is 10.1 Å². The van der Waals surface area contributed by atoms with Gasteiger partial charge >= 0.3 is 0 Å². The van der Waals surface area contributed by atoms with Gasteiger partial charge in [0.15, 0.2) is 0 Å². The highest BCUT2D eigenvalue weighted by molar-refractivity contribution is 6.32. The van der Waals surface area contributed by atoms with Crippen LogP contribution in [0.4, 0.5) is 5.69 Å². The van der Waals surface area contributed by atoms with Crippen molar-refractivity contribution in [3.05, 3.63) is 111 Å². The maximum absolute atomic E-state index is 14.0. The fourth-order valence-corrected chi connectivity index (χ4v) is 3.99. The fraction of sp³-hybridized carbons (Fsp3) is 0.185. The normalized spacial score (nSPS) is 11.0. The molecule has 8 nitrogen and oxygen atoms in total. The Balaban J connectivity index is 1.78. The topological polar surface area (TPSA) is 84.5 Å². The number of hydrogen-bond acceptors (Lipinski definition) is 5. The lowest BCUT2D eigenvalue weighted by Gasteiger charge is -2.25. The largest absolute Gasteiger partial charge is 0.332 e. The Bertz CT molecular complexity index is 1350. The van der Waals surface area contributed by atoms with E-state index in [1.54, 1.807) is 39.9 Å². The quantitative estimate of drug-likeness (QED) is 0.228. The van der Waals surface area contributed by atoms with Crippen LogP contribution >= 0.6 is 11.6 Å². The fourth-order valence-electron chi connectivity index (χ4n) is 3.77. The van der Waals surface area contributed by atoms with Gasteiger partial charge in [-0.15, -0.1) is 0 Å². The molecule has 1 amide bonds. The van der Waals surface area contributed by atoms with Gasteiger partial charge in [0.1, 0.15) is 5.69 Å². The van der Waals surface area contributed by atoms with Crippen molar-refractivity contribution >= 4 is 23.2 Å². The summed E-state index contributed by atoms with van der Waals surface area (Å²) in [4.78, 5) is 28.4. The molecule has 0 saturated heterocycles. The Labute approximate surface area is 214 Å². The highest BCUT2D eigenvalue weighted by Crippen LogP contribution is 2.28. The minimum absolute atomic E-state index is 0.0155. The number of para-hydroxylation sites is 1. The predicted octanol–water partition coefficient (Wildman–Crippen LogP) is 5.30. The molecule has 0 fully saturated rings. The maximum atomic E-state index is 14.0. The van der Waals surface area contributed by atoms with Gasteiger partial charge < -0.3 is 9.80 Å². The summed E-state index contributed by atoms with van der Waals surface area (Å²) in [6.07, 6.45) is 0. The van der Waals surface area contributed by atoms with Gasteiger partial charge in [0, 0.05) is 37.3 Å². The third-order valence-corrected chi connectivity index (χ3v) is 6.02. The van der Waals surface area contributed by atoms with Gasteiger partial charge in [-0.1, -0.05) is 54.1 Å². The molecule has 0 atom stereocenters. The highest BCUT2D eigenvalue weighted by atomic mass is 35.5. The molecule has 0 spiro atoms. The van der Waals surface area contributed by atoms with E-state index in [9.17, 15) is 14.9 Å². The molecule has 184 valence electrons. The molecule has 0 bridgehead atoms. The third kappa shape index (κ3) is 5.79. The van der Waals surface area contributed by atoms with E-state index in [0.29, 0.717) is 47.3 Å². The van der Waals surface area contributed by atoms with E-state index in [4.69, 9.17) is 16.7 Å². The Morgan fingerprint density at radius 2 is 1.64 bits per heavy atom. The number of nitro benzene ring substituents is 1. The van der Waals surface area contributed by atoms with Crippen LogP contribution in [0.3, 0.4) is 0 Å². The van der Waals surface area contributed by atoms with E-state index in [-0.39, 0.29) is 11.6 Å². The van der Waals surface area contributed by atoms with E-state index in [2.05, 4.69) is 0 Å². The van der Waals surface area contributed by atoms with Crippen LogP contribution in [0.25, 0.3) is 16.9 Å². The maximum Gasteiger partial charge on any atom is 0.272 e. The van der Waals surface area contributed by atoms with Crippen LogP contribution in [0.15, 0.2) is 84.9 Å². The summed E-state index contributed by atoms with van der Waals surface area (Å²) in [7, 11) is 3.93. The van der Waals surface area contributed by atoms with Gasteiger partial charge in [0.2, 0.25) is 0 Å². The number of halogens is 1. The number of amides is 1. The number of non-ortho nitro benzene ring substituents is 1. The zero-order valence-corrected chi connectivity index (χ0v) is 20.8. The van der Waals surface area contributed by atoms with Crippen molar-refractivity contribution in [2.75, 3.05) is 27.2 Å². The summed E-state index contributed by atoms with van der Waals surface area (Å²) in [5.74, 6) is -0.193. The van der Waals surface area contributed by atoms with E-state index in [1.807, 2.05) is 61.5 Å². The summed E-state index contributed by atoms with van der Waals surface area (Å²) in [6, 6.07) is 24.8. The van der Waals surface area contributed by atoms with Gasteiger partial charge in [-0.05, 0) is 50.0 Å². The lowest BCUT2D eigenvalue weighted by Crippen LogP contribution is -2.37. The van der Waals surface area contributed by atoms with Crippen LogP contribution in [0.2, 0.25) is 5.02 Å². The van der Waals surface area contributed by atoms with Crippen molar-refractivity contribution in [2.45, 2.75) is 6.54 Å². The van der Waals surface area contributed by atoms with Crippen molar-refractivity contribution in [1.82, 2.24) is 19.6 Å². The number of nitro groups is 1. The molecule has 0 N–H and O–H groups in total. The zero-order chi connectivity index (χ0) is 25.7. The van der Waals surface area contributed by atoms with Crippen LogP contribution in [-0.2, 0) is 6.54 Å². The molecule has 0 aliphatic heterocycles. The first kappa shape index (κ1) is 25.1. The van der Waals surface area contributed by atoms with Crippen LogP contribution < -0.4 is 0 Å². The SMILES string of the molecule is CN(C)CCN(Cc1ccccc1)C(=O)c1cc(-c2ccc([N+](=O)[O-])cc2)nn1-c1ccccc1Cl. The predicted molar refractivity (Wildman–Crippen MR) is 140 cm³/mol. The molecular formula is C27H26ClN5O3. The standard InChI is InChI=1S/C27H26ClN5O3/c1-30(2)16-17-31(19-20-8-4-3-5-9-20)27(34)26-18-24(21-12-14-22(15-13-21)33(35)36)29-32(26)25-11-7-6-10-23(25)28/h3-15,18H,16-17,19H2,1-2H3. The van der Waals surface area contributed by atoms with Crippen molar-refractivity contribution < 1.29 is 9.72 Å². The lowest BCUT2D eigenvalue weighted by molar-refractivity contribution is -0.384. The van der Waals surface area contributed by atoms with E-state index >= 15 is 0 Å². The van der Waals surface area contributed by atoms with Crippen LogP contribution in [0.1, 0.15) is 16.1 Å². The molecule has 0 saturated carbocycles. The van der Waals surface area contributed by atoms with Gasteiger partial charge in [-0.3, -0.25) is 14.9 Å². The molecule has 0 unspecified atom stereocenters. The van der Waals surface area contributed by atoms with Crippen molar-refractivity contribution in [3.63, 3.8) is 0 Å². The summed E-state index contributed by atoms with van der Waals surface area (Å²) in [5.41, 5.74) is 3.10. The summed E-state index contributed by atoms with van der Waals surface area (Å²) < 4.78 is 1.55. The Kier molecular flexibility index (Phi) is 7.77. The smallest absolute Gasteiger partial charge is 0.272 e. The average Bonchev–Trinajstić information content (AvgIpc) is 3.32. The van der Waals surface area contributed by atoms with Gasteiger partial charge in [0.25, 0.3) is 11.6 Å². The first-order valence-electron chi connectivity index (χ1n) is 11.4. The number of nitrogens with zero attached hydrogens (tertiary/aromatic N) is 5. The number of likely N-dealkylation sites (N-methyl/N-ethyl adjacent to an activating group) is 1. The first-order valence-corrected chi connectivity index (χ1v) is 11.8. The number of carbonyl (C=O) groups excluding carboxylic acids is 1. The Morgan fingerprint density at radius 3 is 2.28 bits per heavy atom. The third-order valence-electron chi connectivity index (χ3n) is 5.70. The van der Waals surface area contributed by atoms with Gasteiger partial charge in [-0.25, -0.2) is 4.68 Å². The number of aromatic nitrogens is 2. The Hall–Kier alpha value is -4.01. The molecule has 1 heterocycles. The second-order valence-corrected chi connectivity index (χ2v) is 9.00. The number of carbonyl (C=O) groups is 1. The second kappa shape index (κ2) is 11.2. The summed E-state index contributed by atoms with van der Waals surface area (Å²) >= 11 is 6.49. The van der Waals surface area contributed by atoms with Gasteiger partial charge in [0.05, 0.1) is 21.3 Å². The monoisotopic (exact) mass is 503 g/mol. The van der Waals surface area contributed by atoms with E-state index in [1.165, 1.54) is 12.1 Å². The highest BCUT2D eigenvalue weighted by Gasteiger charge is 2.24. The number of rotatable bonds is 9. The van der Waals surface area contributed by atoms with Crippen LogP contribution in [-0.4, -0.2) is 57.6 Å². The van der Waals surface area contributed by atoms with Crippen molar-refractivity contribution in [3.8, 4) is 16.9 Å². The van der Waals surface area contributed by atoms with Crippen molar-refractivity contribution in [1.29, 1.82) is 0 Å².